The smallest absolute Gasteiger partial charge is 0.242 e. The summed E-state index contributed by atoms with van der Waals surface area (Å²) in [5.74, 6) is 0. The first kappa shape index (κ1) is 16.0. The molecular formula is C12H19N3O2S2. The van der Waals surface area contributed by atoms with E-state index in [9.17, 15) is 8.42 Å². The van der Waals surface area contributed by atoms with Crippen LogP contribution >= 0.6 is 12.2 Å². The number of sulfonamides is 1. The zero-order valence-corrected chi connectivity index (χ0v) is 12.7. The molecule has 1 heterocycles. The van der Waals surface area contributed by atoms with Crippen molar-refractivity contribution >= 4 is 27.2 Å². The van der Waals surface area contributed by atoms with Gasteiger partial charge < -0.3 is 5.73 Å². The molecule has 0 fully saturated rings. The van der Waals surface area contributed by atoms with Gasteiger partial charge in [-0.2, -0.15) is 0 Å². The van der Waals surface area contributed by atoms with Gasteiger partial charge in [0.15, 0.2) is 0 Å². The Morgan fingerprint density at radius 2 is 2.16 bits per heavy atom. The van der Waals surface area contributed by atoms with Crippen molar-refractivity contribution in [2.24, 2.45) is 5.73 Å². The van der Waals surface area contributed by atoms with Crippen LogP contribution in [0.2, 0.25) is 0 Å². The van der Waals surface area contributed by atoms with E-state index in [1.807, 2.05) is 13.8 Å². The highest BCUT2D eigenvalue weighted by molar-refractivity contribution is 7.89. The average Bonchev–Trinajstić information content (AvgIpc) is 2.38. The van der Waals surface area contributed by atoms with Gasteiger partial charge in [-0.1, -0.05) is 32.5 Å². The predicted molar refractivity (Wildman–Crippen MR) is 79.4 cm³/mol. The fourth-order valence-corrected chi connectivity index (χ4v) is 3.09. The number of nitrogens with zero attached hydrogens (tertiary/aromatic N) is 1. The summed E-state index contributed by atoms with van der Waals surface area (Å²) >= 11 is 4.77. The molecule has 0 amide bonds. The molecule has 3 N–H and O–H groups in total. The van der Waals surface area contributed by atoms with Crippen molar-refractivity contribution < 1.29 is 8.42 Å². The predicted octanol–water partition coefficient (Wildman–Crippen LogP) is 1.57. The second kappa shape index (κ2) is 6.93. The normalized spacial score (nSPS) is 13.2. The Balaban J connectivity index is 2.90. The van der Waals surface area contributed by atoms with Gasteiger partial charge in [0.2, 0.25) is 10.0 Å². The highest BCUT2D eigenvalue weighted by atomic mass is 32.2. The lowest BCUT2D eigenvalue weighted by molar-refractivity contribution is 0.512. The first-order chi connectivity index (χ1) is 8.90. The molecule has 0 aliphatic heterocycles. The number of thiocarbonyl (C=S) groups is 1. The molecule has 106 valence electrons. The molecule has 5 nitrogen and oxygen atoms in total. The summed E-state index contributed by atoms with van der Waals surface area (Å²) in [5.41, 5.74) is 5.83. The van der Waals surface area contributed by atoms with Crippen LogP contribution in [0, 0.1) is 0 Å². The standard InChI is InChI=1S/C12H19N3O2S2/c1-3-5-9(4-2)15-19(16,17)10-6-7-11(12(13)18)14-8-10/h6-9,15H,3-5H2,1-2H3,(H2,13,18). The van der Waals surface area contributed by atoms with E-state index in [-0.39, 0.29) is 15.9 Å². The Bertz CT molecular complexity index is 526. The van der Waals surface area contributed by atoms with Crippen molar-refractivity contribution in [3.8, 4) is 0 Å². The maximum absolute atomic E-state index is 12.1. The second-order valence-electron chi connectivity index (χ2n) is 4.26. The summed E-state index contributed by atoms with van der Waals surface area (Å²) in [7, 11) is -3.53. The molecule has 0 aliphatic rings. The van der Waals surface area contributed by atoms with E-state index in [0.29, 0.717) is 5.69 Å². The van der Waals surface area contributed by atoms with Gasteiger partial charge in [-0.3, -0.25) is 4.98 Å². The number of nitrogens with two attached hydrogens (primary N) is 1. The third-order valence-electron chi connectivity index (χ3n) is 2.75. The zero-order valence-electron chi connectivity index (χ0n) is 11.1. The second-order valence-corrected chi connectivity index (χ2v) is 6.41. The topological polar surface area (TPSA) is 85.1 Å². The Morgan fingerprint density at radius 3 is 2.58 bits per heavy atom. The van der Waals surface area contributed by atoms with Gasteiger partial charge in [0, 0.05) is 12.2 Å². The largest absolute Gasteiger partial charge is 0.388 e. The maximum Gasteiger partial charge on any atom is 0.242 e. The summed E-state index contributed by atoms with van der Waals surface area (Å²) in [4.78, 5) is 4.21. The van der Waals surface area contributed by atoms with Gasteiger partial charge in [0.05, 0.1) is 5.69 Å². The summed E-state index contributed by atoms with van der Waals surface area (Å²) in [6.45, 7) is 3.98. The molecule has 0 bridgehead atoms. The van der Waals surface area contributed by atoms with E-state index in [4.69, 9.17) is 18.0 Å². The minimum Gasteiger partial charge on any atom is -0.388 e. The quantitative estimate of drug-likeness (QED) is 0.747. The van der Waals surface area contributed by atoms with Gasteiger partial charge in [-0.05, 0) is 25.0 Å². The SMILES string of the molecule is CCCC(CC)NS(=O)(=O)c1ccc(C(N)=S)nc1. The lowest BCUT2D eigenvalue weighted by Gasteiger charge is -2.16. The molecule has 7 heteroatoms. The van der Waals surface area contributed by atoms with Gasteiger partial charge in [0.1, 0.15) is 9.88 Å². The van der Waals surface area contributed by atoms with Crippen LogP contribution in [0.25, 0.3) is 0 Å². The molecule has 0 saturated carbocycles. The lowest BCUT2D eigenvalue weighted by Crippen LogP contribution is -2.34. The summed E-state index contributed by atoms with van der Waals surface area (Å²) in [6, 6.07) is 2.92. The Labute approximate surface area is 119 Å². The number of nitrogens with one attached hydrogen (secondary N) is 1. The average molecular weight is 301 g/mol. The highest BCUT2D eigenvalue weighted by Gasteiger charge is 2.19. The van der Waals surface area contributed by atoms with Gasteiger partial charge in [-0.15, -0.1) is 0 Å². The summed E-state index contributed by atoms with van der Waals surface area (Å²) < 4.78 is 27.0. The van der Waals surface area contributed by atoms with Crippen molar-refractivity contribution in [1.29, 1.82) is 0 Å². The van der Waals surface area contributed by atoms with Crippen molar-refractivity contribution in [3.05, 3.63) is 24.0 Å². The third kappa shape index (κ3) is 4.52. The molecule has 0 aromatic carbocycles. The summed E-state index contributed by atoms with van der Waals surface area (Å²) in [6.07, 6.45) is 3.77. The van der Waals surface area contributed by atoms with Crippen LogP contribution in [0.5, 0.6) is 0 Å². The highest BCUT2D eigenvalue weighted by Crippen LogP contribution is 2.11. The Morgan fingerprint density at radius 1 is 1.47 bits per heavy atom. The molecule has 1 aromatic rings. The van der Waals surface area contributed by atoms with Crippen LogP contribution in [-0.4, -0.2) is 24.4 Å². The molecule has 0 aliphatic carbocycles. The monoisotopic (exact) mass is 301 g/mol. The molecule has 0 spiro atoms. The fourth-order valence-electron chi connectivity index (χ4n) is 1.67. The zero-order chi connectivity index (χ0) is 14.5. The van der Waals surface area contributed by atoms with Crippen molar-refractivity contribution in [2.75, 3.05) is 0 Å². The van der Waals surface area contributed by atoms with Crippen LogP contribution < -0.4 is 10.5 Å². The van der Waals surface area contributed by atoms with Crippen LogP contribution in [0.4, 0.5) is 0 Å². The number of rotatable bonds is 7. The third-order valence-corrected chi connectivity index (χ3v) is 4.47. The van der Waals surface area contributed by atoms with Gasteiger partial charge in [-0.25, -0.2) is 13.1 Å². The molecule has 0 saturated heterocycles. The van der Waals surface area contributed by atoms with Crippen LogP contribution in [0.15, 0.2) is 23.2 Å². The first-order valence-electron chi connectivity index (χ1n) is 6.18. The maximum atomic E-state index is 12.1. The number of hydrogen-bond donors (Lipinski definition) is 2. The Hall–Kier alpha value is -1.05. The molecule has 0 radical (unpaired) electrons. The first-order valence-corrected chi connectivity index (χ1v) is 8.08. The van der Waals surface area contributed by atoms with E-state index in [2.05, 4.69) is 9.71 Å². The van der Waals surface area contributed by atoms with E-state index >= 15 is 0 Å². The van der Waals surface area contributed by atoms with Crippen molar-refractivity contribution in [2.45, 2.75) is 44.0 Å². The minimum absolute atomic E-state index is 0.0507. The van der Waals surface area contributed by atoms with Gasteiger partial charge >= 0.3 is 0 Å². The number of aromatic nitrogens is 1. The van der Waals surface area contributed by atoms with Crippen molar-refractivity contribution in [1.82, 2.24) is 9.71 Å². The minimum atomic E-state index is -3.53. The molecular weight excluding hydrogens is 282 g/mol. The summed E-state index contributed by atoms with van der Waals surface area (Å²) in [5, 5.41) is 0. The van der Waals surface area contributed by atoms with E-state index < -0.39 is 10.0 Å². The number of hydrogen-bond acceptors (Lipinski definition) is 4. The van der Waals surface area contributed by atoms with Gasteiger partial charge in [0.25, 0.3) is 0 Å². The number of pyridine rings is 1. The van der Waals surface area contributed by atoms with Crippen molar-refractivity contribution in [3.63, 3.8) is 0 Å². The van der Waals surface area contributed by atoms with Crippen LogP contribution in [0.3, 0.4) is 0 Å². The van der Waals surface area contributed by atoms with E-state index in [1.54, 1.807) is 0 Å². The fraction of sp³-hybridized carbons (Fsp3) is 0.500. The van der Waals surface area contributed by atoms with Crippen LogP contribution in [-0.2, 0) is 10.0 Å². The van der Waals surface area contributed by atoms with E-state index in [0.717, 1.165) is 19.3 Å². The van der Waals surface area contributed by atoms with Crippen LogP contribution in [0.1, 0.15) is 38.8 Å². The van der Waals surface area contributed by atoms with E-state index in [1.165, 1.54) is 18.3 Å². The molecule has 19 heavy (non-hydrogen) atoms. The molecule has 1 rings (SSSR count). The molecule has 1 unspecified atom stereocenters. The lowest BCUT2D eigenvalue weighted by atomic mass is 10.1. The molecule has 1 atom stereocenters. The Kier molecular flexibility index (Phi) is 5.84. The molecule has 1 aromatic heterocycles.